The van der Waals surface area contributed by atoms with Gasteiger partial charge in [0.05, 0.1) is 0 Å². The highest BCUT2D eigenvalue weighted by Gasteiger charge is 2.04. The van der Waals surface area contributed by atoms with Gasteiger partial charge in [-0.05, 0) is 18.6 Å². The van der Waals surface area contributed by atoms with Gasteiger partial charge < -0.3 is 4.90 Å². The zero-order chi connectivity index (χ0) is 11.4. The summed E-state index contributed by atoms with van der Waals surface area (Å²) in [6, 6.07) is 12.2. The molecule has 1 heterocycles. The number of hydrogen-bond acceptors (Lipinski definition) is 3. The average Bonchev–Trinajstić information content (AvgIpc) is 2.30. The van der Waals surface area contributed by atoms with Gasteiger partial charge in [0.15, 0.2) is 0 Å². The summed E-state index contributed by atoms with van der Waals surface area (Å²) >= 11 is 0. The second-order valence-corrected chi connectivity index (χ2v) is 3.84. The van der Waals surface area contributed by atoms with Crippen LogP contribution < -0.4 is 4.90 Å². The van der Waals surface area contributed by atoms with Crippen molar-refractivity contribution in [1.29, 1.82) is 0 Å². The Morgan fingerprint density at radius 3 is 2.56 bits per heavy atom. The summed E-state index contributed by atoms with van der Waals surface area (Å²) in [7, 11) is 2.00. The predicted octanol–water partition coefficient (Wildman–Crippen LogP) is 2.42. The Labute approximate surface area is 95.8 Å². The van der Waals surface area contributed by atoms with E-state index in [9.17, 15) is 0 Å². The Morgan fingerprint density at radius 2 is 1.88 bits per heavy atom. The van der Waals surface area contributed by atoms with Crippen molar-refractivity contribution >= 4 is 5.95 Å². The van der Waals surface area contributed by atoms with Crippen LogP contribution in [0.15, 0.2) is 42.6 Å². The van der Waals surface area contributed by atoms with Crippen molar-refractivity contribution in [2.75, 3.05) is 11.9 Å². The van der Waals surface area contributed by atoms with Crippen LogP contribution in [0.4, 0.5) is 5.95 Å². The van der Waals surface area contributed by atoms with E-state index in [1.54, 1.807) is 6.20 Å². The molecule has 0 aliphatic rings. The van der Waals surface area contributed by atoms with Crippen LogP contribution in [-0.4, -0.2) is 17.0 Å². The van der Waals surface area contributed by atoms with Crippen LogP contribution in [0.25, 0.3) is 0 Å². The molecule has 0 fully saturated rings. The van der Waals surface area contributed by atoms with Crippen molar-refractivity contribution in [3.05, 3.63) is 53.9 Å². The summed E-state index contributed by atoms with van der Waals surface area (Å²) in [5, 5.41) is 0. The summed E-state index contributed by atoms with van der Waals surface area (Å²) in [6.07, 6.45) is 1.79. The number of rotatable bonds is 3. The van der Waals surface area contributed by atoms with Gasteiger partial charge >= 0.3 is 0 Å². The zero-order valence-electron chi connectivity index (χ0n) is 9.59. The van der Waals surface area contributed by atoms with E-state index in [1.165, 1.54) is 5.56 Å². The third-order valence-corrected chi connectivity index (χ3v) is 2.39. The molecule has 0 saturated heterocycles. The van der Waals surface area contributed by atoms with Gasteiger partial charge in [-0.15, -0.1) is 0 Å². The third-order valence-electron chi connectivity index (χ3n) is 2.39. The topological polar surface area (TPSA) is 29.0 Å². The molecule has 0 radical (unpaired) electrons. The number of nitrogens with zero attached hydrogens (tertiary/aromatic N) is 3. The van der Waals surface area contributed by atoms with Gasteiger partial charge in [0.25, 0.3) is 0 Å². The number of aromatic nitrogens is 2. The van der Waals surface area contributed by atoms with Crippen LogP contribution in [0.5, 0.6) is 0 Å². The lowest BCUT2D eigenvalue weighted by molar-refractivity contribution is 0.859. The van der Waals surface area contributed by atoms with Crippen LogP contribution in [0.3, 0.4) is 0 Å². The Bertz CT molecular complexity index is 454. The molecule has 0 bridgehead atoms. The van der Waals surface area contributed by atoms with Crippen molar-refractivity contribution in [3.8, 4) is 0 Å². The van der Waals surface area contributed by atoms with Crippen LogP contribution in [0, 0.1) is 6.92 Å². The molecule has 82 valence electrons. The molecule has 0 aliphatic heterocycles. The minimum atomic E-state index is 0.767. The second-order valence-electron chi connectivity index (χ2n) is 3.84. The largest absolute Gasteiger partial charge is 0.340 e. The standard InChI is InChI=1S/C13H15N3/c1-11-8-9-14-13(15-11)16(2)10-12-6-4-3-5-7-12/h3-9H,10H2,1-2H3. The SMILES string of the molecule is Cc1ccnc(N(C)Cc2ccccc2)n1. The number of anilines is 1. The maximum atomic E-state index is 4.38. The van der Waals surface area contributed by atoms with Crippen LogP contribution in [-0.2, 0) is 6.54 Å². The Hall–Kier alpha value is -1.90. The van der Waals surface area contributed by atoms with Crippen LogP contribution in [0.1, 0.15) is 11.3 Å². The Balaban J connectivity index is 2.12. The molecule has 1 aromatic heterocycles. The summed E-state index contributed by atoms with van der Waals surface area (Å²) < 4.78 is 0. The third kappa shape index (κ3) is 2.57. The van der Waals surface area contributed by atoms with Gasteiger partial charge in [0.2, 0.25) is 5.95 Å². The molecule has 0 aliphatic carbocycles. The maximum absolute atomic E-state index is 4.38. The van der Waals surface area contributed by atoms with Gasteiger partial charge in [0, 0.05) is 25.5 Å². The molecule has 0 saturated carbocycles. The Morgan fingerprint density at radius 1 is 1.12 bits per heavy atom. The first-order valence-corrected chi connectivity index (χ1v) is 5.30. The first kappa shape index (κ1) is 10.6. The Kier molecular flexibility index (Phi) is 3.15. The first-order chi connectivity index (χ1) is 7.75. The summed E-state index contributed by atoms with van der Waals surface area (Å²) in [5.74, 6) is 0.767. The summed E-state index contributed by atoms with van der Waals surface area (Å²) in [4.78, 5) is 10.7. The number of benzene rings is 1. The van der Waals surface area contributed by atoms with Gasteiger partial charge in [-0.3, -0.25) is 0 Å². The van der Waals surface area contributed by atoms with E-state index in [0.717, 1.165) is 18.2 Å². The first-order valence-electron chi connectivity index (χ1n) is 5.30. The minimum absolute atomic E-state index is 0.767. The lowest BCUT2D eigenvalue weighted by atomic mass is 10.2. The van der Waals surface area contributed by atoms with Crippen molar-refractivity contribution in [3.63, 3.8) is 0 Å². The molecule has 0 amide bonds. The zero-order valence-corrected chi connectivity index (χ0v) is 9.59. The molecule has 2 aromatic rings. The predicted molar refractivity (Wildman–Crippen MR) is 65.3 cm³/mol. The van der Waals surface area contributed by atoms with Crippen LogP contribution >= 0.6 is 0 Å². The van der Waals surface area contributed by atoms with Crippen LogP contribution in [0.2, 0.25) is 0 Å². The van der Waals surface area contributed by atoms with Gasteiger partial charge in [-0.2, -0.15) is 0 Å². The summed E-state index contributed by atoms with van der Waals surface area (Å²) in [5.41, 5.74) is 2.25. The van der Waals surface area contributed by atoms with Crippen molar-refractivity contribution in [2.45, 2.75) is 13.5 Å². The maximum Gasteiger partial charge on any atom is 0.225 e. The van der Waals surface area contributed by atoms with E-state index in [0.29, 0.717) is 0 Å². The molecular weight excluding hydrogens is 198 g/mol. The fraction of sp³-hybridized carbons (Fsp3) is 0.231. The molecular formula is C13H15N3. The highest BCUT2D eigenvalue weighted by Crippen LogP contribution is 2.09. The number of hydrogen-bond donors (Lipinski definition) is 0. The number of aryl methyl sites for hydroxylation is 1. The molecule has 0 N–H and O–H groups in total. The molecule has 16 heavy (non-hydrogen) atoms. The van der Waals surface area contributed by atoms with E-state index in [4.69, 9.17) is 0 Å². The lowest BCUT2D eigenvalue weighted by Crippen LogP contribution is -2.19. The molecule has 0 atom stereocenters. The van der Waals surface area contributed by atoms with Gasteiger partial charge in [-0.1, -0.05) is 30.3 Å². The van der Waals surface area contributed by atoms with E-state index >= 15 is 0 Å². The van der Waals surface area contributed by atoms with Crippen molar-refractivity contribution in [1.82, 2.24) is 9.97 Å². The van der Waals surface area contributed by atoms with Crippen molar-refractivity contribution in [2.24, 2.45) is 0 Å². The molecule has 0 spiro atoms. The van der Waals surface area contributed by atoms with Crippen molar-refractivity contribution < 1.29 is 0 Å². The normalized spacial score (nSPS) is 10.1. The fourth-order valence-electron chi connectivity index (χ4n) is 1.55. The smallest absolute Gasteiger partial charge is 0.225 e. The second kappa shape index (κ2) is 4.75. The minimum Gasteiger partial charge on any atom is -0.340 e. The quantitative estimate of drug-likeness (QED) is 0.784. The molecule has 1 aromatic carbocycles. The molecule has 3 heteroatoms. The monoisotopic (exact) mass is 213 g/mol. The highest BCUT2D eigenvalue weighted by atomic mass is 15.2. The van der Waals surface area contributed by atoms with Gasteiger partial charge in [-0.25, -0.2) is 9.97 Å². The fourth-order valence-corrected chi connectivity index (χ4v) is 1.55. The van der Waals surface area contributed by atoms with E-state index < -0.39 is 0 Å². The molecule has 0 unspecified atom stereocenters. The van der Waals surface area contributed by atoms with E-state index in [2.05, 4.69) is 22.1 Å². The van der Waals surface area contributed by atoms with Gasteiger partial charge in [0.1, 0.15) is 0 Å². The average molecular weight is 213 g/mol. The van der Waals surface area contributed by atoms with E-state index in [-0.39, 0.29) is 0 Å². The summed E-state index contributed by atoms with van der Waals surface area (Å²) in [6.45, 7) is 2.80. The highest BCUT2D eigenvalue weighted by molar-refractivity contribution is 5.31. The van der Waals surface area contributed by atoms with E-state index in [1.807, 2.05) is 43.1 Å². The lowest BCUT2D eigenvalue weighted by Gasteiger charge is -2.16. The molecule has 3 nitrogen and oxygen atoms in total. The molecule has 2 rings (SSSR count).